The molecule has 78 valence electrons. The maximum absolute atomic E-state index is 10.6. The fourth-order valence-electron chi connectivity index (χ4n) is 1.79. The molecule has 4 heteroatoms. The van der Waals surface area contributed by atoms with Gasteiger partial charge >= 0.3 is 5.97 Å². The van der Waals surface area contributed by atoms with Gasteiger partial charge in [-0.3, -0.25) is 4.79 Å². The summed E-state index contributed by atoms with van der Waals surface area (Å²) >= 11 is 0. The Kier molecular flexibility index (Phi) is 2.19. The van der Waals surface area contributed by atoms with Crippen molar-refractivity contribution in [2.75, 3.05) is 0 Å². The number of hydrogen-bond acceptors (Lipinski definition) is 2. The van der Waals surface area contributed by atoms with Crippen LogP contribution in [-0.2, 0) is 11.2 Å². The van der Waals surface area contributed by atoms with E-state index in [1.54, 1.807) is 0 Å². The van der Waals surface area contributed by atoms with E-state index in [0.29, 0.717) is 5.69 Å². The lowest BCUT2D eigenvalue weighted by atomic mass is 10.2. The molecule has 0 radical (unpaired) electrons. The second-order valence-electron chi connectivity index (χ2n) is 3.58. The molecule has 15 heavy (non-hydrogen) atoms. The van der Waals surface area contributed by atoms with Gasteiger partial charge in [-0.25, -0.2) is 4.98 Å². The molecule has 0 spiro atoms. The topological polar surface area (TPSA) is 54.6 Å². The zero-order valence-corrected chi connectivity index (χ0v) is 8.69. The zero-order chi connectivity index (χ0) is 11.0. The van der Waals surface area contributed by atoms with E-state index in [4.69, 9.17) is 5.11 Å². The molecule has 2 heterocycles. The molecule has 0 atom stereocenters. The maximum Gasteiger partial charge on any atom is 0.309 e. The lowest BCUT2D eigenvalue weighted by Gasteiger charge is -2.00. The number of fused-ring (bicyclic) bond motifs is 1. The fraction of sp³-hybridized carbons (Fsp3) is 0.273. The number of aryl methyl sites for hydroxylation is 2. The number of nitrogens with zero attached hydrogens (tertiary/aromatic N) is 2. The monoisotopic (exact) mass is 204 g/mol. The Balaban J connectivity index is 2.64. The quantitative estimate of drug-likeness (QED) is 0.808. The van der Waals surface area contributed by atoms with Gasteiger partial charge in [0.25, 0.3) is 0 Å². The number of aromatic nitrogens is 2. The van der Waals surface area contributed by atoms with Crippen LogP contribution < -0.4 is 0 Å². The van der Waals surface area contributed by atoms with E-state index in [2.05, 4.69) is 4.98 Å². The van der Waals surface area contributed by atoms with Crippen LogP contribution in [0.15, 0.2) is 18.2 Å². The van der Waals surface area contributed by atoms with Crippen molar-refractivity contribution in [2.45, 2.75) is 20.3 Å². The molecular formula is C11H12N2O2. The van der Waals surface area contributed by atoms with Crippen LogP contribution in [0.3, 0.4) is 0 Å². The zero-order valence-electron chi connectivity index (χ0n) is 8.69. The average molecular weight is 204 g/mol. The second-order valence-corrected chi connectivity index (χ2v) is 3.58. The average Bonchev–Trinajstić information content (AvgIpc) is 2.44. The third-order valence-corrected chi connectivity index (χ3v) is 2.49. The standard InChI is InChI=1S/C11H12N2O2/c1-7-4-3-5-10-12-9(6-11(14)15)8(2)13(7)10/h3-5H,6H2,1-2H3,(H,14,15). The van der Waals surface area contributed by atoms with Crippen molar-refractivity contribution in [1.82, 2.24) is 9.38 Å². The minimum Gasteiger partial charge on any atom is -0.481 e. The van der Waals surface area contributed by atoms with Gasteiger partial charge in [0.1, 0.15) is 5.65 Å². The van der Waals surface area contributed by atoms with E-state index in [1.165, 1.54) is 0 Å². The Labute approximate surface area is 87.2 Å². The van der Waals surface area contributed by atoms with Gasteiger partial charge in [-0.05, 0) is 26.0 Å². The summed E-state index contributed by atoms with van der Waals surface area (Å²) in [6, 6.07) is 5.78. The third-order valence-electron chi connectivity index (χ3n) is 2.49. The summed E-state index contributed by atoms with van der Waals surface area (Å²) in [5, 5.41) is 8.74. The van der Waals surface area contributed by atoms with Gasteiger partial charge in [0, 0.05) is 11.4 Å². The molecule has 0 fully saturated rings. The number of imidazole rings is 1. The number of carboxylic acid groups (broad SMARTS) is 1. The molecule has 0 aliphatic heterocycles. The Morgan fingerprint density at radius 1 is 1.47 bits per heavy atom. The molecule has 0 saturated heterocycles. The summed E-state index contributed by atoms with van der Waals surface area (Å²) in [4.78, 5) is 14.9. The number of pyridine rings is 1. The smallest absolute Gasteiger partial charge is 0.309 e. The Morgan fingerprint density at radius 2 is 2.20 bits per heavy atom. The third kappa shape index (κ3) is 1.58. The summed E-state index contributed by atoms with van der Waals surface area (Å²) < 4.78 is 1.97. The molecule has 4 nitrogen and oxygen atoms in total. The SMILES string of the molecule is Cc1cccc2nc(CC(=O)O)c(C)n12. The van der Waals surface area contributed by atoms with Crippen molar-refractivity contribution < 1.29 is 9.90 Å². The molecule has 0 bridgehead atoms. The Bertz CT molecular complexity index is 529. The molecule has 0 aliphatic carbocycles. The summed E-state index contributed by atoms with van der Waals surface area (Å²) in [6.07, 6.45) is -0.0209. The largest absolute Gasteiger partial charge is 0.481 e. The van der Waals surface area contributed by atoms with Gasteiger partial charge in [0.05, 0.1) is 12.1 Å². The van der Waals surface area contributed by atoms with Gasteiger partial charge in [0.2, 0.25) is 0 Å². The van der Waals surface area contributed by atoms with E-state index in [9.17, 15) is 4.79 Å². The number of carbonyl (C=O) groups is 1. The maximum atomic E-state index is 10.6. The summed E-state index contributed by atoms with van der Waals surface area (Å²) in [5.41, 5.74) is 3.42. The van der Waals surface area contributed by atoms with Crippen LogP contribution in [-0.4, -0.2) is 20.5 Å². The molecular weight excluding hydrogens is 192 g/mol. The van der Waals surface area contributed by atoms with E-state index >= 15 is 0 Å². The minimum absolute atomic E-state index is 0.0209. The van der Waals surface area contributed by atoms with Gasteiger partial charge in [-0.2, -0.15) is 0 Å². The highest BCUT2D eigenvalue weighted by Gasteiger charge is 2.11. The molecule has 0 aromatic carbocycles. The highest BCUT2D eigenvalue weighted by molar-refractivity contribution is 5.70. The lowest BCUT2D eigenvalue weighted by Crippen LogP contribution is -2.02. The first kappa shape index (κ1) is 9.71. The molecule has 0 aliphatic rings. The van der Waals surface area contributed by atoms with Crippen LogP contribution in [0.4, 0.5) is 0 Å². The van der Waals surface area contributed by atoms with Crippen molar-refractivity contribution in [3.63, 3.8) is 0 Å². The molecule has 0 amide bonds. The first-order valence-electron chi connectivity index (χ1n) is 4.75. The van der Waals surface area contributed by atoms with E-state index < -0.39 is 5.97 Å². The van der Waals surface area contributed by atoms with Crippen molar-refractivity contribution in [3.8, 4) is 0 Å². The molecule has 0 saturated carbocycles. The minimum atomic E-state index is -0.848. The summed E-state index contributed by atoms with van der Waals surface area (Å²) in [6.45, 7) is 3.87. The number of hydrogen-bond donors (Lipinski definition) is 1. The fourth-order valence-corrected chi connectivity index (χ4v) is 1.79. The van der Waals surface area contributed by atoms with Gasteiger partial charge in [0.15, 0.2) is 0 Å². The van der Waals surface area contributed by atoms with Crippen LogP contribution in [0.5, 0.6) is 0 Å². The molecule has 1 N–H and O–H groups in total. The van der Waals surface area contributed by atoms with Crippen LogP contribution in [0, 0.1) is 13.8 Å². The number of aliphatic carboxylic acids is 1. The molecule has 2 aromatic rings. The highest BCUT2D eigenvalue weighted by Crippen LogP contribution is 2.14. The van der Waals surface area contributed by atoms with Crippen LogP contribution in [0.25, 0.3) is 5.65 Å². The van der Waals surface area contributed by atoms with Crippen molar-refractivity contribution in [2.24, 2.45) is 0 Å². The van der Waals surface area contributed by atoms with E-state index in [-0.39, 0.29) is 6.42 Å². The normalized spacial score (nSPS) is 10.8. The van der Waals surface area contributed by atoms with Crippen LogP contribution in [0.2, 0.25) is 0 Å². The van der Waals surface area contributed by atoms with Gasteiger partial charge in [-0.15, -0.1) is 0 Å². The Hall–Kier alpha value is -1.84. The number of rotatable bonds is 2. The lowest BCUT2D eigenvalue weighted by molar-refractivity contribution is -0.136. The molecule has 0 unspecified atom stereocenters. The second kappa shape index (κ2) is 3.38. The van der Waals surface area contributed by atoms with Crippen LogP contribution in [0.1, 0.15) is 17.1 Å². The predicted octanol–water partition coefficient (Wildman–Crippen LogP) is 1.58. The van der Waals surface area contributed by atoms with E-state index in [0.717, 1.165) is 17.0 Å². The first-order valence-corrected chi connectivity index (χ1v) is 4.75. The Morgan fingerprint density at radius 3 is 2.80 bits per heavy atom. The van der Waals surface area contributed by atoms with E-state index in [1.807, 2.05) is 36.4 Å². The van der Waals surface area contributed by atoms with Gasteiger partial charge < -0.3 is 9.51 Å². The molecule has 2 aromatic heterocycles. The summed E-state index contributed by atoms with van der Waals surface area (Å²) in [5.74, 6) is -0.848. The molecule has 2 rings (SSSR count). The van der Waals surface area contributed by atoms with Crippen molar-refractivity contribution >= 4 is 11.6 Å². The highest BCUT2D eigenvalue weighted by atomic mass is 16.4. The summed E-state index contributed by atoms with van der Waals surface area (Å²) in [7, 11) is 0. The van der Waals surface area contributed by atoms with Crippen LogP contribution >= 0.6 is 0 Å². The predicted molar refractivity (Wildman–Crippen MR) is 56.0 cm³/mol. The van der Waals surface area contributed by atoms with Crippen molar-refractivity contribution in [3.05, 3.63) is 35.3 Å². The number of carboxylic acids is 1. The van der Waals surface area contributed by atoms with Gasteiger partial charge in [-0.1, -0.05) is 6.07 Å². The van der Waals surface area contributed by atoms with Crippen molar-refractivity contribution in [1.29, 1.82) is 0 Å². The first-order chi connectivity index (χ1) is 7.09.